The molecule has 3 nitrogen and oxygen atoms in total. The van der Waals surface area contributed by atoms with Gasteiger partial charge in [-0.05, 0) is 37.0 Å². The Balaban J connectivity index is 3.46. The number of hydrogen-bond acceptors (Lipinski definition) is 3. The van der Waals surface area contributed by atoms with Gasteiger partial charge >= 0.3 is 0 Å². The molecule has 1 aromatic rings. The lowest BCUT2D eigenvalue weighted by Crippen LogP contribution is -2.18. The molecule has 0 heterocycles. The van der Waals surface area contributed by atoms with Gasteiger partial charge in [0, 0.05) is 5.56 Å². The molecule has 1 aromatic carbocycles. The Morgan fingerprint density at radius 1 is 0.938 bits per heavy atom. The lowest BCUT2D eigenvalue weighted by molar-refractivity contribution is 0.0751. The molecule has 16 heavy (non-hydrogen) atoms. The fourth-order valence-electron chi connectivity index (χ4n) is 1.52. The van der Waals surface area contributed by atoms with E-state index < -0.39 is 5.60 Å². The fourth-order valence-corrected chi connectivity index (χ4v) is 1.52. The van der Waals surface area contributed by atoms with Gasteiger partial charge in [-0.1, -0.05) is 20.8 Å². The average Bonchev–Trinajstić information content (AvgIpc) is 2.05. The monoisotopic (exact) mass is 224 g/mol. The summed E-state index contributed by atoms with van der Waals surface area (Å²) in [6.07, 6.45) is 0. The third-order valence-electron chi connectivity index (χ3n) is 2.61. The Morgan fingerprint density at radius 3 is 1.81 bits per heavy atom. The predicted octanol–water partition coefficient (Wildman–Crippen LogP) is 2.62. The zero-order chi connectivity index (χ0) is 12.7. The highest BCUT2D eigenvalue weighted by Gasteiger charge is 2.26. The minimum atomic E-state index is -1.18. The number of hydrogen-bond donors (Lipinski definition) is 3. The first-order valence-corrected chi connectivity index (χ1v) is 5.33. The van der Waals surface area contributed by atoms with Crippen molar-refractivity contribution in [2.24, 2.45) is 0 Å². The van der Waals surface area contributed by atoms with Crippen LogP contribution in [0.15, 0.2) is 12.1 Å². The molecule has 0 saturated carbocycles. The van der Waals surface area contributed by atoms with E-state index in [1.54, 1.807) is 19.9 Å². The highest BCUT2D eigenvalue weighted by molar-refractivity contribution is 5.51. The third kappa shape index (κ3) is 2.47. The number of aliphatic hydroxyl groups is 1. The van der Waals surface area contributed by atoms with E-state index in [1.165, 1.54) is 6.07 Å². The summed E-state index contributed by atoms with van der Waals surface area (Å²) in [5, 5.41) is 29.3. The second kappa shape index (κ2) is 3.67. The summed E-state index contributed by atoms with van der Waals surface area (Å²) >= 11 is 0. The van der Waals surface area contributed by atoms with Crippen molar-refractivity contribution < 1.29 is 15.3 Å². The molecule has 0 aliphatic heterocycles. The topological polar surface area (TPSA) is 60.7 Å². The highest BCUT2D eigenvalue weighted by atomic mass is 16.3. The van der Waals surface area contributed by atoms with Crippen molar-refractivity contribution in [1.82, 2.24) is 0 Å². The molecule has 3 N–H and O–H groups in total. The van der Waals surface area contributed by atoms with Gasteiger partial charge in [0.2, 0.25) is 0 Å². The summed E-state index contributed by atoms with van der Waals surface area (Å²) in [5.41, 5.74) is -0.106. The Kier molecular flexibility index (Phi) is 2.94. The van der Waals surface area contributed by atoms with Gasteiger partial charge < -0.3 is 15.3 Å². The minimum Gasteiger partial charge on any atom is -0.504 e. The SMILES string of the molecule is CC(C)(C)c1cc(O)c(O)c(C(C)(C)O)c1. The minimum absolute atomic E-state index is 0.148. The summed E-state index contributed by atoms with van der Waals surface area (Å²) in [6.45, 7) is 9.18. The highest BCUT2D eigenvalue weighted by Crippen LogP contribution is 2.39. The third-order valence-corrected chi connectivity index (χ3v) is 2.61. The van der Waals surface area contributed by atoms with Crippen LogP contribution in [0.3, 0.4) is 0 Å². The van der Waals surface area contributed by atoms with E-state index in [1.807, 2.05) is 20.8 Å². The van der Waals surface area contributed by atoms with Crippen LogP contribution < -0.4 is 0 Å². The summed E-state index contributed by atoms with van der Waals surface area (Å²) in [4.78, 5) is 0. The summed E-state index contributed by atoms with van der Waals surface area (Å²) in [7, 11) is 0. The van der Waals surface area contributed by atoms with Crippen LogP contribution in [0.5, 0.6) is 11.5 Å². The zero-order valence-electron chi connectivity index (χ0n) is 10.5. The summed E-state index contributed by atoms with van der Waals surface area (Å²) in [6, 6.07) is 3.26. The van der Waals surface area contributed by atoms with E-state index in [4.69, 9.17) is 0 Å². The molecule has 0 amide bonds. The molecule has 90 valence electrons. The van der Waals surface area contributed by atoms with E-state index in [0.717, 1.165) is 5.56 Å². The first kappa shape index (κ1) is 12.8. The van der Waals surface area contributed by atoms with Crippen LogP contribution in [0, 0.1) is 0 Å². The Morgan fingerprint density at radius 2 is 1.44 bits per heavy atom. The number of rotatable bonds is 1. The maximum atomic E-state index is 9.91. The Bertz CT molecular complexity index is 395. The lowest BCUT2D eigenvalue weighted by Gasteiger charge is -2.25. The van der Waals surface area contributed by atoms with Crippen molar-refractivity contribution in [2.45, 2.75) is 45.6 Å². The molecule has 0 bridgehead atoms. The number of aromatic hydroxyl groups is 2. The molecule has 3 heteroatoms. The second-order valence-electron chi connectivity index (χ2n) is 5.70. The van der Waals surface area contributed by atoms with Crippen LogP contribution in [0.1, 0.15) is 45.7 Å². The molecule has 0 radical (unpaired) electrons. The molecule has 0 unspecified atom stereocenters. The van der Waals surface area contributed by atoms with E-state index in [2.05, 4.69) is 0 Å². The van der Waals surface area contributed by atoms with Crippen LogP contribution in [0.25, 0.3) is 0 Å². The number of phenols is 2. The first-order valence-electron chi connectivity index (χ1n) is 5.33. The zero-order valence-corrected chi connectivity index (χ0v) is 10.5. The van der Waals surface area contributed by atoms with Crippen molar-refractivity contribution in [1.29, 1.82) is 0 Å². The predicted molar refractivity (Wildman–Crippen MR) is 63.7 cm³/mol. The molecule has 0 aromatic heterocycles. The van der Waals surface area contributed by atoms with Gasteiger partial charge in [0.15, 0.2) is 11.5 Å². The van der Waals surface area contributed by atoms with E-state index in [9.17, 15) is 15.3 Å². The fraction of sp³-hybridized carbons (Fsp3) is 0.538. The maximum absolute atomic E-state index is 9.91. The standard InChI is InChI=1S/C13H20O3/c1-12(2,3)8-6-9(13(4,5)16)11(15)10(14)7-8/h6-7,14-16H,1-5H3. The number of benzene rings is 1. The van der Waals surface area contributed by atoms with Gasteiger partial charge in [-0.2, -0.15) is 0 Å². The van der Waals surface area contributed by atoms with E-state index in [-0.39, 0.29) is 16.9 Å². The molecule has 0 aliphatic rings. The quantitative estimate of drug-likeness (QED) is 0.643. The normalized spacial score (nSPS) is 12.9. The van der Waals surface area contributed by atoms with Crippen LogP contribution in [0.4, 0.5) is 0 Å². The lowest BCUT2D eigenvalue weighted by atomic mass is 9.83. The van der Waals surface area contributed by atoms with Gasteiger partial charge in [0.25, 0.3) is 0 Å². The van der Waals surface area contributed by atoms with Gasteiger partial charge in [0.1, 0.15) is 0 Å². The van der Waals surface area contributed by atoms with Crippen molar-refractivity contribution in [3.05, 3.63) is 23.3 Å². The smallest absolute Gasteiger partial charge is 0.163 e. The molecule has 0 fully saturated rings. The molecule has 0 atom stereocenters. The van der Waals surface area contributed by atoms with Crippen molar-refractivity contribution >= 4 is 0 Å². The molecule has 0 aliphatic carbocycles. The van der Waals surface area contributed by atoms with Crippen LogP contribution >= 0.6 is 0 Å². The van der Waals surface area contributed by atoms with Gasteiger partial charge in [-0.15, -0.1) is 0 Å². The molecule has 0 saturated heterocycles. The molecule has 0 spiro atoms. The first-order chi connectivity index (χ1) is 7.03. The molecular formula is C13H20O3. The van der Waals surface area contributed by atoms with Gasteiger partial charge in [-0.3, -0.25) is 0 Å². The average molecular weight is 224 g/mol. The molecular weight excluding hydrogens is 204 g/mol. The van der Waals surface area contributed by atoms with Gasteiger partial charge in [0.05, 0.1) is 5.60 Å². The van der Waals surface area contributed by atoms with E-state index >= 15 is 0 Å². The van der Waals surface area contributed by atoms with Crippen LogP contribution in [-0.4, -0.2) is 15.3 Å². The van der Waals surface area contributed by atoms with Crippen molar-refractivity contribution in [3.8, 4) is 11.5 Å². The largest absolute Gasteiger partial charge is 0.504 e. The van der Waals surface area contributed by atoms with Crippen molar-refractivity contribution in [3.63, 3.8) is 0 Å². The van der Waals surface area contributed by atoms with Crippen LogP contribution in [-0.2, 0) is 11.0 Å². The number of phenolic OH excluding ortho intramolecular Hbond substituents is 2. The maximum Gasteiger partial charge on any atom is 0.163 e. The second-order valence-corrected chi connectivity index (χ2v) is 5.70. The van der Waals surface area contributed by atoms with Crippen molar-refractivity contribution in [2.75, 3.05) is 0 Å². The molecule has 1 rings (SSSR count). The van der Waals surface area contributed by atoms with E-state index in [0.29, 0.717) is 5.56 Å². The summed E-state index contributed by atoms with van der Waals surface area (Å²) in [5.74, 6) is -0.440. The van der Waals surface area contributed by atoms with Crippen LogP contribution in [0.2, 0.25) is 0 Å². The summed E-state index contributed by atoms with van der Waals surface area (Å²) < 4.78 is 0. The van der Waals surface area contributed by atoms with Gasteiger partial charge in [-0.25, -0.2) is 0 Å². The Labute approximate surface area is 96.4 Å². The Hall–Kier alpha value is -1.22.